The molecule has 1 heterocycles. The largest absolute Gasteiger partial charge is 0.416 e. The molecular formula is C20H19F3N2O. The van der Waals surface area contributed by atoms with E-state index in [9.17, 15) is 18.0 Å². The van der Waals surface area contributed by atoms with Crippen molar-refractivity contribution < 1.29 is 18.0 Å². The van der Waals surface area contributed by atoms with Gasteiger partial charge >= 0.3 is 6.18 Å². The van der Waals surface area contributed by atoms with Gasteiger partial charge in [-0.3, -0.25) is 4.79 Å². The molecule has 3 nitrogen and oxygen atoms in total. The quantitative estimate of drug-likeness (QED) is 0.660. The molecule has 1 aliphatic rings. The summed E-state index contributed by atoms with van der Waals surface area (Å²) in [6, 6.07) is 12.1. The van der Waals surface area contributed by atoms with Gasteiger partial charge in [-0.15, -0.1) is 0 Å². The first-order valence-corrected chi connectivity index (χ1v) is 8.39. The number of halogens is 3. The van der Waals surface area contributed by atoms with Crippen molar-refractivity contribution in [2.75, 3.05) is 31.1 Å². The number of rotatable bonds is 4. The van der Waals surface area contributed by atoms with Crippen LogP contribution in [0.3, 0.4) is 0 Å². The van der Waals surface area contributed by atoms with Gasteiger partial charge < -0.3 is 10.2 Å². The summed E-state index contributed by atoms with van der Waals surface area (Å²) in [5.74, 6) is -0.184. The van der Waals surface area contributed by atoms with Crippen LogP contribution in [0.4, 0.5) is 18.9 Å². The Bertz CT molecular complexity index is 774. The molecule has 1 fully saturated rings. The number of ketones is 1. The second-order valence-electron chi connectivity index (χ2n) is 6.10. The lowest BCUT2D eigenvalue weighted by Gasteiger charge is -2.29. The van der Waals surface area contributed by atoms with Crippen LogP contribution in [0.2, 0.25) is 0 Å². The van der Waals surface area contributed by atoms with Crippen molar-refractivity contribution in [3.63, 3.8) is 0 Å². The maximum Gasteiger partial charge on any atom is 0.416 e. The number of nitrogens with one attached hydrogen (secondary N) is 1. The highest BCUT2D eigenvalue weighted by atomic mass is 19.4. The highest BCUT2D eigenvalue weighted by Gasteiger charge is 2.29. The molecule has 2 aromatic carbocycles. The molecule has 0 atom stereocenters. The number of allylic oxidation sites excluding steroid dienone is 1. The molecule has 26 heavy (non-hydrogen) atoms. The molecule has 1 N–H and O–H groups in total. The van der Waals surface area contributed by atoms with E-state index in [1.807, 2.05) is 12.1 Å². The van der Waals surface area contributed by atoms with Gasteiger partial charge in [-0.2, -0.15) is 13.2 Å². The highest BCUT2D eigenvalue weighted by molar-refractivity contribution is 6.06. The van der Waals surface area contributed by atoms with Gasteiger partial charge in [-0.25, -0.2) is 0 Å². The molecule has 2 aromatic rings. The number of carbonyl (C=O) groups is 1. The predicted octanol–water partition coefficient (Wildman–Crippen LogP) is 4.01. The standard InChI is InChI=1S/C20H19F3N2O/c21-20(22,23)17-6-1-15(2-7-17)3-10-19(26)16-4-8-18(9-5-16)25-13-11-24-12-14-25/h1-10,24H,11-14H2/b10-3+. The molecule has 0 spiro atoms. The molecule has 0 saturated carbocycles. The smallest absolute Gasteiger partial charge is 0.369 e. The summed E-state index contributed by atoms with van der Waals surface area (Å²) in [5, 5.41) is 3.29. The number of alkyl halides is 3. The Morgan fingerprint density at radius 2 is 1.58 bits per heavy atom. The summed E-state index contributed by atoms with van der Waals surface area (Å²) in [5.41, 5.74) is 1.47. The van der Waals surface area contributed by atoms with Crippen molar-refractivity contribution >= 4 is 17.5 Å². The number of hydrogen-bond acceptors (Lipinski definition) is 3. The van der Waals surface area contributed by atoms with E-state index in [0.717, 1.165) is 44.0 Å². The molecule has 136 valence electrons. The Balaban J connectivity index is 1.64. The molecule has 0 amide bonds. The first-order valence-electron chi connectivity index (χ1n) is 8.39. The maximum atomic E-state index is 12.5. The predicted molar refractivity (Wildman–Crippen MR) is 96.3 cm³/mol. The highest BCUT2D eigenvalue weighted by Crippen LogP contribution is 2.29. The third-order valence-electron chi connectivity index (χ3n) is 4.30. The molecule has 0 aromatic heterocycles. The van der Waals surface area contributed by atoms with Crippen LogP contribution in [0.5, 0.6) is 0 Å². The van der Waals surface area contributed by atoms with E-state index >= 15 is 0 Å². The van der Waals surface area contributed by atoms with E-state index < -0.39 is 11.7 Å². The van der Waals surface area contributed by atoms with Crippen molar-refractivity contribution in [2.24, 2.45) is 0 Å². The Hall–Kier alpha value is -2.60. The molecule has 6 heteroatoms. The second-order valence-corrected chi connectivity index (χ2v) is 6.10. The van der Waals surface area contributed by atoms with Gasteiger partial charge in [-0.1, -0.05) is 18.2 Å². The Kier molecular flexibility index (Phi) is 5.42. The van der Waals surface area contributed by atoms with Gasteiger partial charge in [0.2, 0.25) is 0 Å². The van der Waals surface area contributed by atoms with Gasteiger partial charge in [0.05, 0.1) is 5.56 Å². The van der Waals surface area contributed by atoms with E-state index in [2.05, 4.69) is 10.2 Å². The third kappa shape index (κ3) is 4.52. The van der Waals surface area contributed by atoms with Gasteiger partial charge in [-0.05, 0) is 48.0 Å². The van der Waals surface area contributed by atoms with E-state index in [-0.39, 0.29) is 5.78 Å². The minimum Gasteiger partial charge on any atom is -0.369 e. The Morgan fingerprint density at radius 1 is 0.962 bits per heavy atom. The van der Waals surface area contributed by atoms with Gasteiger partial charge in [0, 0.05) is 37.4 Å². The molecule has 1 aliphatic heterocycles. The van der Waals surface area contributed by atoms with Crippen molar-refractivity contribution in [1.82, 2.24) is 5.32 Å². The number of piperazine rings is 1. The fourth-order valence-corrected chi connectivity index (χ4v) is 2.81. The number of benzene rings is 2. The molecule has 3 rings (SSSR count). The van der Waals surface area contributed by atoms with Crippen LogP contribution in [0.15, 0.2) is 54.6 Å². The van der Waals surface area contributed by atoms with Crippen molar-refractivity contribution in [1.29, 1.82) is 0 Å². The monoisotopic (exact) mass is 360 g/mol. The summed E-state index contributed by atoms with van der Waals surface area (Å²) in [7, 11) is 0. The summed E-state index contributed by atoms with van der Waals surface area (Å²) in [6.45, 7) is 3.75. The molecule has 0 unspecified atom stereocenters. The third-order valence-corrected chi connectivity index (χ3v) is 4.30. The summed E-state index contributed by atoms with van der Waals surface area (Å²) >= 11 is 0. The first kappa shape index (κ1) is 18.2. The van der Waals surface area contributed by atoms with Crippen LogP contribution >= 0.6 is 0 Å². The van der Waals surface area contributed by atoms with E-state index in [1.54, 1.807) is 12.1 Å². The maximum absolute atomic E-state index is 12.5. The minimum absolute atomic E-state index is 0.184. The zero-order valence-electron chi connectivity index (χ0n) is 14.1. The van der Waals surface area contributed by atoms with Crippen LogP contribution in [0.1, 0.15) is 21.5 Å². The lowest BCUT2D eigenvalue weighted by molar-refractivity contribution is -0.137. The molecule has 0 radical (unpaired) electrons. The SMILES string of the molecule is O=C(/C=C/c1ccc(C(F)(F)F)cc1)c1ccc(N2CCNCC2)cc1. The Morgan fingerprint density at radius 3 is 2.15 bits per heavy atom. The first-order chi connectivity index (χ1) is 12.4. The number of nitrogens with zero attached hydrogens (tertiary/aromatic N) is 1. The van der Waals surface area contributed by atoms with E-state index in [1.165, 1.54) is 24.3 Å². The van der Waals surface area contributed by atoms with Crippen molar-refractivity contribution in [3.05, 3.63) is 71.3 Å². The van der Waals surface area contributed by atoms with Gasteiger partial charge in [0.1, 0.15) is 0 Å². The zero-order chi connectivity index (χ0) is 18.6. The van der Waals surface area contributed by atoms with E-state index in [4.69, 9.17) is 0 Å². The lowest BCUT2D eigenvalue weighted by atomic mass is 10.1. The lowest BCUT2D eigenvalue weighted by Crippen LogP contribution is -2.43. The average Bonchev–Trinajstić information content (AvgIpc) is 2.66. The number of carbonyl (C=O) groups excluding carboxylic acids is 1. The van der Waals surface area contributed by atoms with Gasteiger partial charge in [0.25, 0.3) is 0 Å². The summed E-state index contributed by atoms with van der Waals surface area (Å²) in [6.07, 6.45) is -1.46. The fourth-order valence-electron chi connectivity index (χ4n) is 2.81. The van der Waals surface area contributed by atoms with Crippen molar-refractivity contribution in [2.45, 2.75) is 6.18 Å². The minimum atomic E-state index is -4.36. The van der Waals surface area contributed by atoms with Crippen LogP contribution < -0.4 is 10.2 Å². The number of hydrogen-bond donors (Lipinski definition) is 1. The van der Waals surface area contributed by atoms with E-state index in [0.29, 0.717) is 11.1 Å². The number of anilines is 1. The fraction of sp³-hybridized carbons (Fsp3) is 0.250. The molecule has 0 aliphatic carbocycles. The zero-order valence-corrected chi connectivity index (χ0v) is 14.1. The van der Waals surface area contributed by atoms with Gasteiger partial charge in [0.15, 0.2) is 5.78 Å². The topological polar surface area (TPSA) is 32.3 Å². The summed E-state index contributed by atoms with van der Waals surface area (Å²) < 4.78 is 37.6. The normalized spacial score (nSPS) is 15.4. The Labute approximate surface area is 150 Å². The van der Waals surface area contributed by atoms with Crippen LogP contribution in [-0.2, 0) is 6.18 Å². The molecule has 1 saturated heterocycles. The summed E-state index contributed by atoms with van der Waals surface area (Å²) in [4.78, 5) is 14.5. The molecular weight excluding hydrogens is 341 g/mol. The van der Waals surface area contributed by atoms with Crippen LogP contribution in [0, 0.1) is 0 Å². The molecule has 0 bridgehead atoms. The average molecular weight is 360 g/mol. The van der Waals surface area contributed by atoms with Crippen LogP contribution in [0.25, 0.3) is 6.08 Å². The van der Waals surface area contributed by atoms with Crippen molar-refractivity contribution in [3.8, 4) is 0 Å². The second kappa shape index (κ2) is 7.74. The van der Waals surface area contributed by atoms with Crippen LogP contribution in [-0.4, -0.2) is 32.0 Å².